The maximum absolute atomic E-state index is 5.42. The van der Waals surface area contributed by atoms with Crippen LogP contribution in [-0.2, 0) is 0 Å². The van der Waals surface area contributed by atoms with Gasteiger partial charge < -0.3 is 6.07 Å². The molecule has 1 aromatic heterocycles. The van der Waals surface area contributed by atoms with Crippen molar-refractivity contribution < 1.29 is 58.2 Å². The van der Waals surface area contributed by atoms with Gasteiger partial charge in [-0.25, -0.2) is 4.37 Å². The zero-order valence-corrected chi connectivity index (χ0v) is 12.2. The second-order valence-corrected chi connectivity index (χ2v) is 3.02. The average molecular weight is 221 g/mol. The molecule has 0 aliphatic rings. The van der Waals surface area contributed by atoms with Gasteiger partial charge in [0.05, 0.1) is 7.85 Å². The van der Waals surface area contributed by atoms with E-state index < -0.39 is 0 Å². The van der Waals surface area contributed by atoms with Gasteiger partial charge in [0.2, 0.25) is 0 Å². The van der Waals surface area contributed by atoms with Crippen molar-refractivity contribution in [2.75, 3.05) is 0 Å². The Balaban J connectivity index is 0.000000810. The fraction of sp³-hybridized carbons (Fsp3) is 0.500. The SMILES string of the molecule is [B]c1[c-]c(C(C)C)ns1.[Rb+]. The van der Waals surface area contributed by atoms with E-state index in [9.17, 15) is 0 Å². The molecule has 10 heavy (non-hydrogen) atoms. The zero-order valence-electron chi connectivity index (χ0n) is 6.51. The van der Waals surface area contributed by atoms with Gasteiger partial charge >= 0.3 is 58.2 Å². The first-order valence-corrected chi connectivity index (χ1v) is 3.62. The minimum atomic E-state index is 0. The maximum Gasteiger partial charge on any atom is 1.00 e. The fourth-order valence-electron chi connectivity index (χ4n) is 0.520. The van der Waals surface area contributed by atoms with Gasteiger partial charge in [0.15, 0.2) is 0 Å². The van der Waals surface area contributed by atoms with E-state index in [4.69, 9.17) is 7.85 Å². The molecule has 0 fully saturated rings. The molecule has 1 heterocycles. The minimum absolute atomic E-state index is 0. The Morgan fingerprint density at radius 2 is 2.20 bits per heavy atom. The van der Waals surface area contributed by atoms with Crippen LogP contribution >= 0.6 is 11.5 Å². The maximum atomic E-state index is 5.42. The summed E-state index contributed by atoms with van der Waals surface area (Å²) in [6.45, 7) is 4.15. The summed E-state index contributed by atoms with van der Waals surface area (Å²) < 4.78 is 4.76. The molecular formula is C6H7BNRbS. The molecule has 46 valence electrons. The van der Waals surface area contributed by atoms with Gasteiger partial charge in [-0.3, -0.25) is 0 Å². The summed E-state index contributed by atoms with van der Waals surface area (Å²) >= 11 is 1.30. The molecule has 0 unspecified atom stereocenters. The molecule has 0 aliphatic carbocycles. The number of hydrogen-bond donors (Lipinski definition) is 0. The van der Waals surface area contributed by atoms with E-state index in [0.29, 0.717) is 10.7 Å². The number of hydrogen-bond acceptors (Lipinski definition) is 2. The van der Waals surface area contributed by atoms with E-state index in [-0.39, 0.29) is 58.2 Å². The van der Waals surface area contributed by atoms with Gasteiger partial charge in [-0.1, -0.05) is 25.4 Å². The van der Waals surface area contributed by atoms with Crippen molar-refractivity contribution in [3.8, 4) is 0 Å². The number of rotatable bonds is 1. The number of nitrogens with zero attached hydrogens (tertiary/aromatic N) is 1. The largest absolute Gasteiger partial charge is 1.00 e. The van der Waals surface area contributed by atoms with E-state index in [1.165, 1.54) is 11.5 Å². The average Bonchev–Trinajstić information content (AvgIpc) is 2.14. The van der Waals surface area contributed by atoms with Crippen LogP contribution < -0.4 is 63.0 Å². The van der Waals surface area contributed by atoms with Crippen LogP contribution in [0.5, 0.6) is 0 Å². The number of aromatic nitrogens is 1. The van der Waals surface area contributed by atoms with Crippen LogP contribution in [0.15, 0.2) is 0 Å². The molecule has 0 spiro atoms. The van der Waals surface area contributed by atoms with Gasteiger partial charge in [-0.05, 0) is 5.92 Å². The van der Waals surface area contributed by atoms with Crippen molar-refractivity contribution in [1.82, 2.24) is 4.37 Å². The van der Waals surface area contributed by atoms with Crippen LogP contribution in [0, 0.1) is 6.07 Å². The van der Waals surface area contributed by atoms with Crippen molar-refractivity contribution in [1.29, 1.82) is 0 Å². The first-order valence-electron chi connectivity index (χ1n) is 2.84. The summed E-state index contributed by atoms with van der Waals surface area (Å²) in [7, 11) is 5.42. The van der Waals surface area contributed by atoms with Gasteiger partial charge in [-0.15, -0.1) is 5.69 Å². The molecule has 0 atom stereocenters. The molecule has 4 heteroatoms. The zero-order chi connectivity index (χ0) is 6.85. The van der Waals surface area contributed by atoms with Gasteiger partial charge in [0.25, 0.3) is 0 Å². The van der Waals surface area contributed by atoms with Crippen molar-refractivity contribution in [3.05, 3.63) is 11.8 Å². The van der Waals surface area contributed by atoms with Gasteiger partial charge in [0.1, 0.15) is 0 Å². The summed E-state index contributed by atoms with van der Waals surface area (Å²) in [6.07, 6.45) is 0. The second-order valence-electron chi connectivity index (χ2n) is 2.21. The standard InChI is InChI=1S/C6H7BNS.Rb/c1-4(2)5-3-6(7)9-8-5;/h4H,1-2H3;/q-1;+1. The Morgan fingerprint density at radius 3 is 2.40 bits per heavy atom. The van der Waals surface area contributed by atoms with Crippen LogP contribution in [0.3, 0.4) is 0 Å². The molecule has 0 N–H and O–H groups in total. The smallest absolute Gasteiger partial charge is 0.443 e. The molecule has 0 saturated carbocycles. The topological polar surface area (TPSA) is 12.9 Å². The van der Waals surface area contributed by atoms with Crippen molar-refractivity contribution in [2.24, 2.45) is 0 Å². The Hall–Kier alpha value is 1.50. The van der Waals surface area contributed by atoms with E-state index in [1.807, 2.05) is 0 Å². The molecule has 0 amide bonds. The molecule has 1 rings (SSSR count). The van der Waals surface area contributed by atoms with Crippen LogP contribution in [0.1, 0.15) is 25.5 Å². The second kappa shape index (κ2) is 5.20. The van der Waals surface area contributed by atoms with Crippen molar-refractivity contribution >= 4 is 24.2 Å². The van der Waals surface area contributed by atoms with E-state index in [2.05, 4.69) is 24.3 Å². The normalized spacial score (nSPS) is 9.50. The molecule has 0 saturated heterocycles. The van der Waals surface area contributed by atoms with Crippen molar-refractivity contribution in [3.63, 3.8) is 0 Å². The summed E-state index contributed by atoms with van der Waals surface area (Å²) in [6, 6.07) is 2.96. The van der Waals surface area contributed by atoms with Gasteiger partial charge in [0, 0.05) is 0 Å². The third-order valence-electron chi connectivity index (χ3n) is 1.04. The molecule has 1 nitrogen and oxygen atoms in total. The Bertz CT molecular complexity index is 199. The van der Waals surface area contributed by atoms with E-state index in [0.717, 1.165) is 5.69 Å². The summed E-state index contributed by atoms with van der Waals surface area (Å²) in [5.74, 6) is 0.443. The predicted molar refractivity (Wildman–Crippen MR) is 40.4 cm³/mol. The monoisotopic (exact) mass is 221 g/mol. The third kappa shape index (κ3) is 3.26. The first kappa shape index (κ1) is 11.5. The molecule has 2 radical (unpaired) electrons. The predicted octanol–water partition coefficient (Wildman–Crippen LogP) is -2.14. The molecular weight excluding hydrogens is 214 g/mol. The quantitative estimate of drug-likeness (QED) is 0.390. The molecule has 1 aromatic rings. The van der Waals surface area contributed by atoms with Crippen LogP contribution in [0.25, 0.3) is 0 Å². The Labute approximate surface area is 116 Å². The van der Waals surface area contributed by atoms with Crippen molar-refractivity contribution in [2.45, 2.75) is 19.8 Å². The van der Waals surface area contributed by atoms with Gasteiger partial charge in [-0.2, -0.15) is 4.78 Å². The summed E-state index contributed by atoms with van der Waals surface area (Å²) in [4.78, 5) is 0. The van der Waals surface area contributed by atoms with E-state index >= 15 is 0 Å². The van der Waals surface area contributed by atoms with E-state index in [1.54, 1.807) is 0 Å². The summed E-state index contributed by atoms with van der Waals surface area (Å²) in [5, 5.41) is 0. The van der Waals surface area contributed by atoms with Crippen LogP contribution in [0.2, 0.25) is 0 Å². The molecule has 0 aromatic carbocycles. The molecule has 0 aliphatic heterocycles. The minimum Gasteiger partial charge on any atom is -0.443 e. The Kier molecular flexibility index (Phi) is 5.98. The summed E-state index contributed by atoms with van der Waals surface area (Å²) in [5.41, 5.74) is 0.970. The Morgan fingerprint density at radius 1 is 1.60 bits per heavy atom. The molecule has 0 bridgehead atoms. The third-order valence-corrected chi connectivity index (χ3v) is 1.63. The fourth-order valence-corrected chi connectivity index (χ4v) is 1.12. The first-order chi connectivity index (χ1) is 4.20. The van der Waals surface area contributed by atoms with Crippen LogP contribution in [0.4, 0.5) is 0 Å². The van der Waals surface area contributed by atoms with Crippen LogP contribution in [-0.4, -0.2) is 12.2 Å².